The van der Waals surface area contributed by atoms with Crippen molar-refractivity contribution in [2.24, 2.45) is 0 Å². The highest BCUT2D eigenvalue weighted by atomic mass is 16.3. The molecule has 8 aromatic rings. The average Bonchev–Trinajstić information content (AvgIpc) is 3.46. The predicted octanol–water partition coefficient (Wildman–Crippen LogP) is 11.5. The fraction of sp³-hybridized carbons (Fsp3) is 0. The molecule has 1 aliphatic carbocycles. The lowest BCUT2D eigenvalue weighted by Crippen LogP contribution is -1.94. The number of benzene rings is 7. The Morgan fingerprint density at radius 2 is 1.00 bits per heavy atom. The molecule has 1 aliphatic rings. The summed E-state index contributed by atoms with van der Waals surface area (Å²) in [6.07, 6.45) is 4.30. The molecule has 7 aromatic carbocycles. The normalized spacial score (nSPS) is 12.9. The van der Waals surface area contributed by atoms with E-state index in [1.165, 1.54) is 49.0 Å². The number of rotatable bonds is 3. The number of hydrogen-bond donors (Lipinski definition) is 0. The Labute approximate surface area is 248 Å². The summed E-state index contributed by atoms with van der Waals surface area (Å²) in [6, 6.07) is 47.5. The fourth-order valence-corrected chi connectivity index (χ4v) is 6.85. The van der Waals surface area contributed by atoms with E-state index >= 15 is 0 Å². The standard InChI is InChI=1S/C42H24O/c1-2-16-30-27(12-1)13-10-23-33(30)41-36-20-5-3-18-34(36)40(35-19-4-6-21-37(35)41)29-15-9-14-28(26-29)31-22-11-24-38-32-17-7-8-25-39(32)43-42(31)38/h1-8,10-13,15-26H. The lowest BCUT2D eigenvalue weighted by molar-refractivity contribution is 0.668. The Hall–Kier alpha value is -5.84. The molecule has 1 nitrogen and oxygen atoms in total. The minimum atomic E-state index is 0.881. The molecule has 0 aliphatic heterocycles. The molecular formula is C42H24O. The van der Waals surface area contributed by atoms with Crippen molar-refractivity contribution in [3.8, 4) is 11.1 Å². The summed E-state index contributed by atoms with van der Waals surface area (Å²) in [6.45, 7) is 0. The van der Waals surface area contributed by atoms with Crippen LogP contribution in [0.2, 0.25) is 0 Å². The monoisotopic (exact) mass is 544 g/mol. The first-order chi connectivity index (χ1) is 21.3. The molecule has 0 radical (unpaired) electrons. The zero-order valence-electron chi connectivity index (χ0n) is 23.3. The molecule has 0 unspecified atom stereocenters. The summed E-state index contributed by atoms with van der Waals surface area (Å²) in [5.74, 6) is 0. The quantitative estimate of drug-likeness (QED) is 0.159. The zero-order chi connectivity index (χ0) is 28.3. The SMILES string of the molecule is C1=C=C(c2cccc3c2oc2ccccc23)C=C(c2c3ccccc3c(-c3cccc4ccccc34)c3ccccc23)C=1. The molecule has 0 saturated carbocycles. The maximum atomic E-state index is 6.39. The van der Waals surface area contributed by atoms with Gasteiger partial charge in [0, 0.05) is 21.9 Å². The highest BCUT2D eigenvalue weighted by Crippen LogP contribution is 2.45. The lowest BCUT2D eigenvalue weighted by Gasteiger charge is -2.19. The van der Waals surface area contributed by atoms with Crippen LogP contribution in [0.3, 0.4) is 0 Å². The van der Waals surface area contributed by atoms with E-state index in [1.54, 1.807) is 0 Å². The van der Waals surface area contributed by atoms with Crippen molar-refractivity contribution in [3.63, 3.8) is 0 Å². The van der Waals surface area contributed by atoms with Gasteiger partial charge in [0.15, 0.2) is 0 Å². The third kappa shape index (κ3) is 3.61. The van der Waals surface area contributed by atoms with Crippen molar-refractivity contribution >= 4 is 65.4 Å². The second-order valence-corrected chi connectivity index (χ2v) is 11.1. The summed E-state index contributed by atoms with van der Waals surface area (Å²) < 4.78 is 6.39. The van der Waals surface area contributed by atoms with Crippen LogP contribution in [0, 0.1) is 0 Å². The molecule has 1 heteroatoms. The van der Waals surface area contributed by atoms with Gasteiger partial charge >= 0.3 is 0 Å². The molecule has 0 saturated heterocycles. The van der Waals surface area contributed by atoms with Gasteiger partial charge in [0.25, 0.3) is 0 Å². The van der Waals surface area contributed by atoms with Gasteiger partial charge in [-0.05, 0) is 78.9 Å². The number of hydrogen-bond acceptors (Lipinski definition) is 1. The molecular weight excluding hydrogens is 520 g/mol. The predicted molar refractivity (Wildman–Crippen MR) is 181 cm³/mol. The molecule has 43 heavy (non-hydrogen) atoms. The molecule has 0 N–H and O–H groups in total. The lowest BCUT2D eigenvalue weighted by atomic mass is 9.83. The number of para-hydroxylation sites is 2. The Kier molecular flexibility index (Phi) is 5.18. The van der Waals surface area contributed by atoms with Crippen LogP contribution < -0.4 is 0 Å². The van der Waals surface area contributed by atoms with E-state index in [2.05, 4.69) is 145 Å². The molecule has 0 atom stereocenters. The first-order valence-corrected chi connectivity index (χ1v) is 14.6. The van der Waals surface area contributed by atoms with E-state index in [1.807, 2.05) is 12.1 Å². The fourth-order valence-electron chi connectivity index (χ4n) is 6.85. The summed E-state index contributed by atoms with van der Waals surface area (Å²) in [5.41, 5.74) is 15.4. The Morgan fingerprint density at radius 3 is 1.77 bits per heavy atom. The van der Waals surface area contributed by atoms with Gasteiger partial charge in [-0.3, -0.25) is 0 Å². The van der Waals surface area contributed by atoms with Gasteiger partial charge in [0.05, 0.1) is 0 Å². The van der Waals surface area contributed by atoms with Crippen molar-refractivity contribution in [2.75, 3.05) is 0 Å². The first kappa shape index (κ1) is 23.8. The molecule has 198 valence electrons. The topological polar surface area (TPSA) is 13.1 Å². The van der Waals surface area contributed by atoms with Crippen molar-refractivity contribution < 1.29 is 4.42 Å². The van der Waals surface area contributed by atoms with Crippen molar-refractivity contribution in [1.29, 1.82) is 0 Å². The van der Waals surface area contributed by atoms with Crippen molar-refractivity contribution in [2.45, 2.75) is 0 Å². The van der Waals surface area contributed by atoms with Crippen LogP contribution in [0.1, 0.15) is 11.1 Å². The van der Waals surface area contributed by atoms with Crippen LogP contribution in [-0.2, 0) is 0 Å². The highest BCUT2D eigenvalue weighted by Gasteiger charge is 2.20. The van der Waals surface area contributed by atoms with Gasteiger partial charge in [-0.15, -0.1) is 0 Å². The van der Waals surface area contributed by atoms with Crippen LogP contribution in [0.4, 0.5) is 0 Å². The Balaban J connectivity index is 1.32. The highest BCUT2D eigenvalue weighted by molar-refractivity contribution is 6.22. The van der Waals surface area contributed by atoms with Crippen LogP contribution >= 0.6 is 0 Å². The van der Waals surface area contributed by atoms with E-state index in [0.717, 1.165) is 38.6 Å². The molecule has 0 spiro atoms. The minimum absolute atomic E-state index is 0.881. The maximum Gasteiger partial charge on any atom is 0.143 e. The van der Waals surface area contributed by atoms with E-state index in [-0.39, 0.29) is 0 Å². The number of fused-ring (bicyclic) bond motifs is 6. The Bertz CT molecular complexity index is 2510. The summed E-state index contributed by atoms with van der Waals surface area (Å²) in [4.78, 5) is 0. The Morgan fingerprint density at radius 1 is 0.442 bits per heavy atom. The average molecular weight is 545 g/mol. The van der Waals surface area contributed by atoms with Crippen molar-refractivity contribution in [1.82, 2.24) is 0 Å². The van der Waals surface area contributed by atoms with Gasteiger partial charge < -0.3 is 4.42 Å². The van der Waals surface area contributed by atoms with Gasteiger partial charge in [0.1, 0.15) is 11.2 Å². The van der Waals surface area contributed by atoms with Crippen LogP contribution in [0.15, 0.2) is 161 Å². The van der Waals surface area contributed by atoms with Gasteiger partial charge in [0.2, 0.25) is 0 Å². The van der Waals surface area contributed by atoms with Gasteiger partial charge in [-0.2, -0.15) is 0 Å². The largest absolute Gasteiger partial charge is 0.455 e. The van der Waals surface area contributed by atoms with Crippen molar-refractivity contribution in [3.05, 3.63) is 168 Å². The molecule has 0 bridgehead atoms. The van der Waals surface area contributed by atoms with Crippen LogP contribution in [0.5, 0.6) is 0 Å². The van der Waals surface area contributed by atoms with Gasteiger partial charge in [-0.25, -0.2) is 0 Å². The van der Waals surface area contributed by atoms with Crippen LogP contribution in [-0.4, -0.2) is 0 Å². The molecule has 1 aromatic heterocycles. The smallest absolute Gasteiger partial charge is 0.143 e. The third-order valence-electron chi connectivity index (χ3n) is 8.71. The first-order valence-electron chi connectivity index (χ1n) is 14.6. The second-order valence-electron chi connectivity index (χ2n) is 11.1. The van der Waals surface area contributed by atoms with E-state index in [9.17, 15) is 0 Å². The minimum Gasteiger partial charge on any atom is -0.455 e. The molecule has 1 heterocycles. The van der Waals surface area contributed by atoms with Crippen LogP contribution in [0.25, 0.3) is 76.5 Å². The number of furan rings is 1. The number of allylic oxidation sites excluding steroid dienone is 4. The van der Waals surface area contributed by atoms with Gasteiger partial charge in [-0.1, -0.05) is 133 Å². The molecule has 9 rings (SSSR count). The third-order valence-corrected chi connectivity index (χ3v) is 8.71. The van der Waals surface area contributed by atoms with E-state index in [4.69, 9.17) is 4.42 Å². The summed E-state index contributed by atoms with van der Waals surface area (Å²) >= 11 is 0. The molecule has 0 amide bonds. The molecule has 0 fully saturated rings. The van der Waals surface area contributed by atoms with E-state index in [0.29, 0.717) is 0 Å². The maximum absolute atomic E-state index is 6.39. The summed E-state index contributed by atoms with van der Waals surface area (Å²) in [5, 5.41) is 9.66. The van der Waals surface area contributed by atoms with E-state index < -0.39 is 0 Å². The zero-order valence-corrected chi connectivity index (χ0v) is 23.3. The second kappa shape index (κ2) is 9.35. The summed E-state index contributed by atoms with van der Waals surface area (Å²) in [7, 11) is 0.